The van der Waals surface area contributed by atoms with Crippen molar-refractivity contribution in [3.05, 3.63) is 11.6 Å². The minimum absolute atomic E-state index is 0.0319. The van der Waals surface area contributed by atoms with Crippen molar-refractivity contribution < 1.29 is 4.79 Å². The summed E-state index contributed by atoms with van der Waals surface area (Å²) in [7, 11) is 0. The number of aromatic nitrogens is 3. The van der Waals surface area contributed by atoms with Gasteiger partial charge in [0.1, 0.15) is 5.82 Å². The quantitative estimate of drug-likeness (QED) is 0.904. The number of amides is 1. The predicted molar refractivity (Wildman–Crippen MR) is 78.5 cm³/mol. The number of nitrogens with one attached hydrogen (secondary N) is 1. The lowest BCUT2D eigenvalue weighted by atomic mass is 9.77. The fraction of sp³-hybridized carbons (Fsp3) is 0.800. The molecule has 1 aliphatic rings. The first-order chi connectivity index (χ1) is 9.41. The van der Waals surface area contributed by atoms with Gasteiger partial charge in [0.05, 0.1) is 0 Å². The van der Waals surface area contributed by atoms with Crippen LogP contribution in [0, 0.1) is 11.3 Å². The summed E-state index contributed by atoms with van der Waals surface area (Å²) in [6.45, 7) is 10.5. The monoisotopic (exact) mass is 278 g/mol. The van der Waals surface area contributed by atoms with Crippen molar-refractivity contribution in [3.63, 3.8) is 0 Å². The Morgan fingerprint density at radius 3 is 2.70 bits per heavy atom. The van der Waals surface area contributed by atoms with Gasteiger partial charge in [0.25, 0.3) is 5.91 Å². The number of hydrogen-bond donors (Lipinski definition) is 1. The molecule has 0 saturated carbocycles. The van der Waals surface area contributed by atoms with E-state index in [0.29, 0.717) is 17.2 Å². The summed E-state index contributed by atoms with van der Waals surface area (Å²) >= 11 is 0. The summed E-state index contributed by atoms with van der Waals surface area (Å²) < 4.78 is 0. The zero-order valence-electron chi connectivity index (χ0n) is 13.1. The molecule has 1 aliphatic heterocycles. The van der Waals surface area contributed by atoms with Gasteiger partial charge < -0.3 is 4.90 Å². The molecule has 1 aromatic heterocycles. The fourth-order valence-corrected chi connectivity index (χ4v) is 2.86. The van der Waals surface area contributed by atoms with Crippen LogP contribution in [0.2, 0.25) is 0 Å². The standard InChI is InChI=1S/C15H26N4O/c1-5-12-16-13(18-17-12)14(20)19-9-6-7-11(8-10-19)15(2,3)4/h11H,5-10H2,1-4H3,(H,16,17,18). The second-order valence-electron chi connectivity index (χ2n) is 6.75. The molecule has 1 aromatic rings. The van der Waals surface area contributed by atoms with Crippen LogP contribution in [0.4, 0.5) is 0 Å². The minimum Gasteiger partial charge on any atom is -0.336 e. The molecular formula is C15H26N4O. The van der Waals surface area contributed by atoms with Gasteiger partial charge in [-0.1, -0.05) is 27.7 Å². The van der Waals surface area contributed by atoms with E-state index < -0.39 is 0 Å². The van der Waals surface area contributed by atoms with E-state index in [2.05, 4.69) is 36.0 Å². The number of carbonyl (C=O) groups excluding carboxylic acids is 1. The second-order valence-corrected chi connectivity index (χ2v) is 6.75. The average molecular weight is 278 g/mol. The van der Waals surface area contributed by atoms with E-state index >= 15 is 0 Å². The molecule has 0 aliphatic carbocycles. The van der Waals surface area contributed by atoms with Gasteiger partial charge in [0, 0.05) is 19.5 Å². The third kappa shape index (κ3) is 3.38. The lowest BCUT2D eigenvalue weighted by molar-refractivity contribution is 0.0743. The molecule has 5 heteroatoms. The molecule has 1 unspecified atom stereocenters. The maximum absolute atomic E-state index is 12.4. The van der Waals surface area contributed by atoms with Crippen molar-refractivity contribution in [2.75, 3.05) is 13.1 Å². The molecule has 1 N–H and O–H groups in total. The van der Waals surface area contributed by atoms with Gasteiger partial charge in [-0.25, -0.2) is 4.98 Å². The molecule has 2 heterocycles. The van der Waals surface area contributed by atoms with Gasteiger partial charge in [0.15, 0.2) is 0 Å². The van der Waals surface area contributed by atoms with Crippen LogP contribution in [-0.4, -0.2) is 39.1 Å². The smallest absolute Gasteiger partial charge is 0.293 e. The maximum atomic E-state index is 12.4. The highest BCUT2D eigenvalue weighted by Gasteiger charge is 2.29. The van der Waals surface area contributed by atoms with Crippen LogP contribution in [-0.2, 0) is 6.42 Å². The highest BCUT2D eigenvalue weighted by molar-refractivity contribution is 5.90. The van der Waals surface area contributed by atoms with E-state index in [0.717, 1.165) is 38.2 Å². The van der Waals surface area contributed by atoms with Gasteiger partial charge in [-0.05, 0) is 30.6 Å². The fourth-order valence-electron chi connectivity index (χ4n) is 2.86. The number of hydrogen-bond acceptors (Lipinski definition) is 3. The Hall–Kier alpha value is -1.39. The van der Waals surface area contributed by atoms with Gasteiger partial charge in [-0.15, -0.1) is 5.10 Å². The Labute approximate surface area is 121 Å². The molecule has 1 atom stereocenters. The number of aryl methyl sites for hydroxylation is 1. The van der Waals surface area contributed by atoms with Crippen LogP contribution in [0.25, 0.3) is 0 Å². The molecule has 20 heavy (non-hydrogen) atoms. The van der Waals surface area contributed by atoms with Crippen molar-refractivity contribution in [3.8, 4) is 0 Å². The molecule has 0 spiro atoms. The van der Waals surface area contributed by atoms with E-state index in [1.807, 2.05) is 11.8 Å². The number of H-pyrrole nitrogens is 1. The lowest BCUT2D eigenvalue weighted by Crippen LogP contribution is -2.33. The third-order valence-corrected chi connectivity index (χ3v) is 4.30. The summed E-state index contributed by atoms with van der Waals surface area (Å²) in [5, 5.41) is 6.85. The summed E-state index contributed by atoms with van der Waals surface area (Å²) in [5.41, 5.74) is 0.318. The summed E-state index contributed by atoms with van der Waals surface area (Å²) in [6, 6.07) is 0. The molecular weight excluding hydrogens is 252 g/mol. The van der Waals surface area contributed by atoms with E-state index in [1.165, 1.54) is 6.42 Å². The van der Waals surface area contributed by atoms with Crippen molar-refractivity contribution in [2.45, 2.75) is 53.4 Å². The predicted octanol–water partition coefficient (Wildman–Crippen LogP) is 2.66. The first-order valence-electron chi connectivity index (χ1n) is 7.62. The van der Waals surface area contributed by atoms with E-state index in [9.17, 15) is 4.79 Å². The van der Waals surface area contributed by atoms with E-state index in [4.69, 9.17) is 0 Å². The van der Waals surface area contributed by atoms with Crippen molar-refractivity contribution in [2.24, 2.45) is 11.3 Å². The Morgan fingerprint density at radius 1 is 1.35 bits per heavy atom. The number of likely N-dealkylation sites (tertiary alicyclic amines) is 1. The van der Waals surface area contributed by atoms with Crippen LogP contribution < -0.4 is 0 Å². The van der Waals surface area contributed by atoms with Crippen LogP contribution in [0.15, 0.2) is 0 Å². The van der Waals surface area contributed by atoms with Crippen LogP contribution >= 0.6 is 0 Å². The molecule has 1 amide bonds. The molecule has 0 aromatic carbocycles. The van der Waals surface area contributed by atoms with Crippen LogP contribution in [0.5, 0.6) is 0 Å². The molecule has 1 saturated heterocycles. The number of aromatic amines is 1. The van der Waals surface area contributed by atoms with E-state index in [-0.39, 0.29) is 5.91 Å². The minimum atomic E-state index is -0.0319. The number of carbonyl (C=O) groups is 1. The molecule has 1 fully saturated rings. The highest BCUT2D eigenvalue weighted by atomic mass is 16.2. The third-order valence-electron chi connectivity index (χ3n) is 4.30. The summed E-state index contributed by atoms with van der Waals surface area (Å²) in [5.74, 6) is 1.74. The maximum Gasteiger partial charge on any atom is 0.293 e. The normalized spacial score (nSPS) is 20.8. The van der Waals surface area contributed by atoms with Gasteiger partial charge in [-0.3, -0.25) is 9.89 Å². The summed E-state index contributed by atoms with van der Waals surface area (Å²) in [4.78, 5) is 18.6. The largest absolute Gasteiger partial charge is 0.336 e. The first-order valence-corrected chi connectivity index (χ1v) is 7.62. The highest BCUT2D eigenvalue weighted by Crippen LogP contribution is 2.34. The SMILES string of the molecule is CCc1nc(C(=O)N2CCCC(C(C)(C)C)CC2)n[nH]1. The number of nitrogens with zero attached hydrogens (tertiary/aromatic N) is 3. The van der Waals surface area contributed by atoms with E-state index in [1.54, 1.807) is 0 Å². The summed E-state index contributed by atoms with van der Waals surface area (Å²) in [6.07, 6.45) is 4.10. The van der Waals surface area contributed by atoms with Crippen molar-refractivity contribution in [1.29, 1.82) is 0 Å². The van der Waals surface area contributed by atoms with Gasteiger partial charge >= 0.3 is 0 Å². The topological polar surface area (TPSA) is 61.9 Å². The molecule has 0 radical (unpaired) electrons. The molecule has 112 valence electrons. The molecule has 0 bridgehead atoms. The van der Waals surface area contributed by atoms with Crippen LogP contribution in [0.3, 0.4) is 0 Å². The Balaban J connectivity index is 2.01. The van der Waals surface area contributed by atoms with Gasteiger partial charge in [-0.2, -0.15) is 0 Å². The average Bonchev–Trinajstić information content (AvgIpc) is 2.72. The molecule has 2 rings (SSSR count). The Morgan fingerprint density at radius 2 is 2.10 bits per heavy atom. The second kappa shape index (κ2) is 5.94. The zero-order chi connectivity index (χ0) is 14.8. The Bertz CT molecular complexity index is 461. The first kappa shape index (κ1) is 15.0. The van der Waals surface area contributed by atoms with Crippen molar-refractivity contribution in [1.82, 2.24) is 20.1 Å². The van der Waals surface area contributed by atoms with Gasteiger partial charge in [0.2, 0.25) is 5.82 Å². The lowest BCUT2D eigenvalue weighted by Gasteiger charge is -2.29. The van der Waals surface area contributed by atoms with Crippen molar-refractivity contribution >= 4 is 5.91 Å². The zero-order valence-corrected chi connectivity index (χ0v) is 13.1. The molecule has 5 nitrogen and oxygen atoms in total. The Kier molecular flexibility index (Phi) is 4.45. The van der Waals surface area contributed by atoms with Crippen LogP contribution in [0.1, 0.15) is 63.4 Å². The number of rotatable bonds is 2.